The van der Waals surface area contributed by atoms with Crippen molar-refractivity contribution in [1.82, 2.24) is 0 Å². The number of carbonyl (C=O) groups excluding carboxylic acids is 3. The molecule has 5 nitrogen and oxygen atoms in total. The molecule has 0 saturated heterocycles. The molecule has 1 N–H and O–H groups in total. The number of anilines is 1. The van der Waals surface area contributed by atoms with Gasteiger partial charge in [0, 0.05) is 5.69 Å². The van der Waals surface area contributed by atoms with Crippen molar-refractivity contribution in [2.24, 2.45) is 0 Å². The van der Waals surface area contributed by atoms with Crippen LogP contribution in [-0.4, -0.2) is 35.3 Å². The van der Waals surface area contributed by atoms with Crippen molar-refractivity contribution in [1.29, 1.82) is 0 Å². The van der Waals surface area contributed by atoms with Crippen LogP contribution in [0.25, 0.3) is 0 Å². The van der Waals surface area contributed by atoms with Gasteiger partial charge in [-0.05, 0) is 43.3 Å². The molecule has 1 atom stereocenters. The van der Waals surface area contributed by atoms with Gasteiger partial charge in [0.25, 0.3) is 0 Å². The van der Waals surface area contributed by atoms with Gasteiger partial charge in [-0.3, -0.25) is 14.4 Å². The standard InChI is InChI=1S/C17H15ClFNO4S2/c1-10(17(23)24-8-13(21)14-6-7-15(18)26-14)25-9-16(22)20-12-4-2-11(19)3-5-12/h2-7,10H,8-9H2,1H3,(H,20,22). The van der Waals surface area contributed by atoms with E-state index in [-0.39, 0.29) is 24.1 Å². The predicted octanol–water partition coefficient (Wildman–Crippen LogP) is 4.03. The highest BCUT2D eigenvalue weighted by atomic mass is 35.5. The summed E-state index contributed by atoms with van der Waals surface area (Å²) in [5.41, 5.74) is 0.465. The van der Waals surface area contributed by atoms with Crippen LogP contribution in [0.1, 0.15) is 16.6 Å². The van der Waals surface area contributed by atoms with Gasteiger partial charge in [-0.15, -0.1) is 23.1 Å². The van der Waals surface area contributed by atoms with Crippen molar-refractivity contribution >= 4 is 58.0 Å². The molecule has 2 rings (SSSR count). The molecule has 1 aromatic carbocycles. The number of Topliss-reactive ketones (excluding diaryl/α,β-unsaturated/α-hetero) is 1. The minimum absolute atomic E-state index is 0.0160. The number of ether oxygens (including phenoxy) is 1. The Morgan fingerprint density at radius 3 is 2.54 bits per heavy atom. The smallest absolute Gasteiger partial charge is 0.319 e. The lowest BCUT2D eigenvalue weighted by molar-refractivity contribution is -0.141. The molecule has 26 heavy (non-hydrogen) atoms. The Labute approximate surface area is 162 Å². The van der Waals surface area contributed by atoms with Crippen molar-refractivity contribution in [2.45, 2.75) is 12.2 Å². The first-order valence-corrected chi connectivity index (χ1v) is 9.71. The highest BCUT2D eigenvalue weighted by Gasteiger charge is 2.19. The van der Waals surface area contributed by atoms with Crippen molar-refractivity contribution in [2.75, 3.05) is 17.7 Å². The first-order valence-electron chi connectivity index (χ1n) is 7.47. The lowest BCUT2D eigenvalue weighted by atomic mass is 10.3. The van der Waals surface area contributed by atoms with Crippen LogP contribution in [-0.2, 0) is 14.3 Å². The number of hydrogen-bond acceptors (Lipinski definition) is 6. The van der Waals surface area contributed by atoms with E-state index in [9.17, 15) is 18.8 Å². The fourth-order valence-corrected chi connectivity index (χ4v) is 3.43. The SMILES string of the molecule is CC(SCC(=O)Nc1ccc(F)cc1)C(=O)OCC(=O)c1ccc(Cl)s1. The second-order valence-corrected chi connectivity index (χ2v) is 8.19. The van der Waals surface area contributed by atoms with Crippen LogP contribution in [0.4, 0.5) is 10.1 Å². The minimum Gasteiger partial charge on any atom is -0.456 e. The number of hydrogen-bond donors (Lipinski definition) is 1. The maximum atomic E-state index is 12.8. The van der Waals surface area contributed by atoms with Gasteiger partial charge in [0.05, 0.1) is 15.0 Å². The second kappa shape index (κ2) is 9.70. The summed E-state index contributed by atoms with van der Waals surface area (Å²) in [7, 11) is 0. The van der Waals surface area contributed by atoms with E-state index < -0.39 is 17.0 Å². The van der Waals surface area contributed by atoms with E-state index in [2.05, 4.69) is 5.32 Å². The minimum atomic E-state index is -0.617. The average Bonchev–Trinajstić information content (AvgIpc) is 3.05. The molecule has 1 aromatic heterocycles. The van der Waals surface area contributed by atoms with Crippen molar-refractivity contribution in [3.63, 3.8) is 0 Å². The molecule has 138 valence electrons. The van der Waals surface area contributed by atoms with Crippen LogP contribution in [0.15, 0.2) is 36.4 Å². The monoisotopic (exact) mass is 415 g/mol. The summed E-state index contributed by atoms with van der Waals surface area (Å²) in [6, 6.07) is 8.53. The van der Waals surface area contributed by atoms with Gasteiger partial charge in [-0.2, -0.15) is 0 Å². The van der Waals surface area contributed by atoms with Gasteiger partial charge >= 0.3 is 5.97 Å². The molecule has 0 spiro atoms. The van der Waals surface area contributed by atoms with Crippen LogP contribution in [0.5, 0.6) is 0 Å². The molecule has 0 bridgehead atoms. The number of ketones is 1. The zero-order valence-electron chi connectivity index (χ0n) is 13.7. The number of carbonyl (C=O) groups is 3. The molecule has 9 heteroatoms. The maximum absolute atomic E-state index is 12.8. The Balaban J connectivity index is 1.71. The summed E-state index contributed by atoms with van der Waals surface area (Å²) >= 11 is 7.94. The molecule has 1 unspecified atom stereocenters. The van der Waals surface area contributed by atoms with E-state index in [0.29, 0.717) is 14.9 Å². The normalized spacial score (nSPS) is 11.7. The second-order valence-electron chi connectivity index (χ2n) is 5.14. The summed E-state index contributed by atoms with van der Waals surface area (Å²) < 4.78 is 18.3. The van der Waals surface area contributed by atoms with Crippen LogP contribution in [0.3, 0.4) is 0 Å². The highest BCUT2D eigenvalue weighted by Crippen LogP contribution is 2.22. The Bertz CT molecular complexity index is 794. The fraction of sp³-hybridized carbons (Fsp3) is 0.235. The predicted molar refractivity (Wildman–Crippen MR) is 102 cm³/mol. The summed E-state index contributed by atoms with van der Waals surface area (Å²) in [5, 5.41) is 1.98. The molecule has 0 aliphatic heterocycles. The molecule has 0 fully saturated rings. The van der Waals surface area contributed by atoms with Crippen LogP contribution in [0, 0.1) is 5.82 Å². The summed E-state index contributed by atoms with van der Waals surface area (Å²) in [5.74, 6) is -1.62. The Hall–Kier alpha value is -1.90. The molecule has 1 amide bonds. The molecule has 0 radical (unpaired) electrons. The third kappa shape index (κ3) is 6.44. The Morgan fingerprint density at radius 1 is 1.23 bits per heavy atom. The van der Waals surface area contributed by atoms with Gasteiger partial charge in [0.1, 0.15) is 11.1 Å². The van der Waals surface area contributed by atoms with E-state index >= 15 is 0 Å². The van der Waals surface area contributed by atoms with Gasteiger partial charge in [0.2, 0.25) is 11.7 Å². The highest BCUT2D eigenvalue weighted by molar-refractivity contribution is 8.01. The van der Waals surface area contributed by atoms with Crippen molar-refractivity contribution in [3.8, 4) is 0 Å². The van der Waals surface area contributed by atoms with Gasteiger partial charge < -0.3 is 10.1 Å². The quantitative estimate of drug-likeness (QED) is 0.520. The lowest BCUT2D eigenvalue weighted by Crippen LogP contribution is -2.23. The zero-order valence-corrected chi connectivity index (χ0v) is 16.1. The first kappa shape index (κ1) is 20.4. The first-order chi connectivity index (χ1) is 12.3. The summed E-state index contributed by atoms with van der Waals surface area (Å²) in [6.07, 6.45) is 0. The molecule has 0 aliphatic carbocycles. The van der Waals surface area contributed by atoms with Crippen molar-refractivity contribution < 1.29 is 23.5 Å². The van der Waals surface area contributed by atoms with E-state index in [0.717, 1.165) is 23.1 Å². The molecule has 1 heterocycles. The number of thiophene rings is 1. The van der Waals surface area contributed by atoms with E-state index in [1.807, 2.05) is 0 Å². The summed E-state index contributed by atoms with van der Waals surface area (Å²) in [4.78, 5) is 36.0. The lowest BCUT2D eigenvalue weighted by Gasteiger charge is -2.11. The molecule has 2 aromatic rings. The molecule has 0 aliphatic rings. The third-order valence-electron chi connectivity index (χ3n) is 3.12. The molecule has 0 saturated carbocycles. The largest absolute Gasteiger partial charge is 0.456 e. The Morgan fingerprint density at radius 2 is 1.92 bits per heavy atom. The average molecular weight is 416 g/mol. The van der Waals surface area contributed by atoms with E-state index in [1.165, 1.54) is 24.3 Å². The number of nitrogens with one attached hydrogen (secondary N) is 1. The van der Waals surface area contributed by atoms with Crippen LogP contribution >= 0.6 is 34.7 Å². The number of halogens is 2. The van der Waals surface area contributed by atoms with Crippen molar-refractivity contribution in [3.05, 3.63) is 51.4 Å². The van der Waals surface area contributed by atoms with E-state index in [1.54, 1.807) is 19.1 Å². The number of benzene rings is 1. The summed E-state index contributed by atoms with van der Waals surface area (Å²) in [6.45, 7) is 1.22. The fourth-order valence-electron chi connectivity index (χ4n) is 1.79. The third-order valence-corrected chi connectivity index (χ3v) is 5.51. The van der Waals surface area contributed by atoms with Crippen LogP contribution in [0.2, 0.25) is 4.34 Å². The number of rotatable bonds is 8. The number of esters is 1. The van der Waals surface area contributed by atoms with Gasteiger partial charge in [-0.25, -0.2) is 4.39 Å². The van der Waals surface area contributed by atoms with Crippen LogP contribution < -0.4 is 5.32 Å². The molecular weight excluding hydrogens is 401 g/mol. The topological polar surface area (TPSA) is 72.5 Å². The number of amides is 1. The maximum Gasteiger partial charge on any atom is 0.319 e. The van der Waals surface area contributed by atoms with E-state index in [4.69, 9.17) is 16.3 Å². The Kier molecular flexibility index (Phi) is 7.62. The van der Waals surface area contributed by atoms with Gasteiger partial charge in [0.15, 0.2) is 6.61 Å². The number of thioether (sulfide) groups is 1. The van der Waals surface area contributed by atoms with Gasteiger partial charge in [-0.1, -0.05) is 11.6 Å². The molecular formula is C17H15ClFNO4S2. The zero-order chi connectivity index (χ0) is 19.1.